The van der Waals surface area contributed by atoms with Gasteiger partial charge >= 0.3 is 6.18 Å². The van der Waals surface area contributed by atoms with Crippen LogP contribution in [0.4, 0.5) is 18.9 Å². The highest BCUT2D eigenvalue weighted by atomic mass is 19.4. The summed E-state index contributed by atoms with van der Waals surface area (Å²) in [7, 11) is 0. The van der Waals surface area contributed by atoms with Crippen molar-refractivity contribution in [1.82, 2.24) is 14.8 Å². The molecule has 2 aromatic heterocycles. The van der Waals surface area contributed by atoms with Crippen LogP contribution >= 0.6 is 0 Å². The summed E-state index contributed by atoms with van der Waals surface area (Å²) >= 11 is 0. The molecule has 0 spiro atoms. The van der Waals surface area contributed by atoms with Gasteiger partial charge in [0.15, 0.2) is 0 Å². The van der Waals surface area contributed by atoms with Crippen molar-refractivity contribution in [2.24, 2.45) is 5.92 Å². The van der Waals surface area contributed by atoms with E-state index in [0.29, 0.717) is 6.54 Å². The summed E-state index contributed by atoms with van der Waals surface area (Å²) in [6.45, 7) is 0.385. The molecule has 30 heavy (non-hydrogen) atoms. The maximum Gasteiger partial charge on any atom is 0.417 e. The second kappa shape index (κ2) is 7.97. The van der Waals surface area contributed by atoms with Crippen molar-refractivity contribution in [1.29, 1.82) is 0 Å². The van der Waals surface area contributed by atoms with Gasteiger partial charge in [-0.3, -0.25) is 9.48 Å². The number of pyridine rings is 1. The first kappa shape index (κ1) is 20.2. The lowest BCUT2D eigenvalue weighted by molar-refractivity contribution is -0.136. The quantitative estimate of drug-likeness (QED) is 0.626. The molecule has 0 radical (unpaired) electrons. The highest BCUT2D eigenvalue weighted by molar-refractivity contribution is 6.12. The summed E-state index contributed by atoms with van der Waals surface area (Å²) in [5.74, 6) is -0.751. The molecule has 1 saturated carbocycles. The van der Waals surface area contributed by atoms with Crippen LogP contribution < -0.4 is 5.32 Å². The molecule has 0 bridgehead atoms. The number of carbonyl (C=O) groups excluding carboxylic acids is 1. The first-order valence-corrected chi connectivity index (χ1v) is 9.86. The number of aromatic nitrogens is 3. The molecule has 6 nitrogen and oxygen atoms in total. The van der Waals surface area contributed by atoms with Crippen LogP contribution in [0.5, 0.6) is 5.88 Å². The predicted octanol–water partition coefficient (Wildman–Crippen LogP) is 4.99. The Morgan fingerprint density at radius 2 is 1.97 bits per heavy atom. The number of nitrogens with zero attached hydrogens (tertiary/aromatic N) is 3. The zero-order valence-corrected chi connectivity index (χ0v) is 16.1. The number of carbonyl (C=O) groups is 1. The van der Waals surface area contributed by atoms with Gasteiger partial charge in [0, 0.05) is 29.9 Å². The molecule has 9 heteroatoms. The smallest absolute Gasteiger partial charge is 0.417 e. The number of amides is 1. The van der Waals surface area contributed by atoms with Gasteiger partial charge in [-0.2, -0.15) is 18.3 Å². The summed E-state index contributed by atoms with van der Waals surface area (Å²) in [6, 6.07) is 6.42. The fraction of sp³-hybridized carbons (Fsp3) is 0.381. The second-order valence-electron chi connectivity index (χ2n) is 7.59. The van der Waals surface area contributed by atoms with E-state index in [1.165, 1.54) is 35.1 Å². The van der Waals surface area contributed by atoms with Crippen LogP contribution in [0.15, 0.2) is 36.5 Å². The van der Waals surface area contributed by atoms with Gasteiger partial charge in [0.25, 0.3) is 5.91 Å². The standard InChI is InChI=1S/C21H21F3N4O2/c22-21(23,24)15-7-4-8-16-18(15)19(20(30)26-14-9-10-25-17(29)11-14)28(27-16)12-13-5-2-1-3-6-13/h4,7-11,13H,1-3,5-6,12H2,(H2,25,26,29,30). The fourth-order valence-corrected chi connectivity index (χ4v) is 4.08. The van der Waals surface area contributed by atoms with Crippen molar-refractivity contribution in [3.63, 3.8) is 0 Å². The number of fused-ring (bicyclic) bond motifs is 1. The summed E-state index contributed by atoms with van der Waals surface area (Å²) in [5, 5.41) is 16.2. The third-order valence-corrected chi connectivity index (χ3v) is 5.45. The number of alkyl halides is 3. The van der Waals surface area contributed by atoms with Crippen LogP contribution in [0.25, 0.3) is 10.9 Å². The minimum absolute atomic E-state index is 0.125. The van der Waals surface area contributed by atoms with Gasteiger partial charge in [0.05, 0.1) is 11.1 Å². The highest BCUT2D eigenvalue weighted by Crippen LogP contribution is 2.37. The van der Waals surface area contributed by atoms with Crippen molar-refractivity contribution in [3.05, 3.63) is 47.8 Å². The Labute approximate surface area is 170 Å². The first-order chi connectivity index (χ1) is 14.3. The molecular weight excluding hydrogens is 397 g/mol. The summed E-state index contributed by atoms with van der Waals surface area (Å²) in [6.07, 6.45) is 1.87. The van der Waals surface area contributed by atoms with E-state index >= 15 is 0 Å². The van der Waals surface area contributed by atoms with Gasteiger partial charge in [0.2, 0.25) is 5.88 Å². The van der Waals surface area contributed by atoms with Gasteiger partial charge in [-0.1, -0.05) is 25.3 Å². The molecule has 0 saturated heterocycles. The largest absolute Gasteiger partial charge is 0.493 e. The summed E-state index contributed by atoms with van der Waals surface area (Å²) in [5.41, 5.74) is -0.656. The summed E-state index contributed by atoms with van der Waals surface area (Å²) in [4.78, 5) is 16.7. The molecule has 2 heterocycles. The normalized spacial score (nSPS) is 15.4. The van der Waals surface area contributed by atoms with E-state index < -0.39 is 17.6 Å². The molecule has 0 unspecified atom stereocenters. The number of hydrogen-bond donors (Lipinski definition) is 2. The third-order valence-electron chi connectivity index (χ3n) is 5.45. The van der Waals surface area contributed by atoms with Gasteiger partial charge < -0.3 is 10.4 Å². The number of anilines is 1. The van der Waals surface area contributed by atoms with Crippen LogP contribution in [-0.4, -0.2) is 25.8 Å². The van der Waals surface area contributed by atoms with Crippen molar-refractivity contribution < 1.29 is 23.1 Å². The zero-order chi connectivity index (χ0) is 21.3. The number of hydrogen-bond acceptors (Lipinski definition) is 4. The number of aromatic hydroxyl groups is 1. The molecule has 0 atom stereocenters. The SMILES string of the molecule is O=C(Nc1ccnc(O)c1)c1c2c(C(F)(F)F)cccc2nn1CC1CCCCC1. The second-order valence-corrected chi connectivity index (χ2v) is 7.59. The van der Waals surface area contributed by atoms with Gasteiger partial charge in [0.1, 0.15) is 5.69 Å². The average Bonchev–Trinajstić information content (AvgIpc) is 3.05. The molecule has 4 rings (SSSR count). The van der Waals surface area contributed by atoms with Crippen LogP contribution in [-0.2, 0) is 12.7 Å². The Hall–Kier alpha value is -3.10. The van der Waals surface area contributed by atoms with Gasteiger partial charge in [-0.05, 0) is 37.0 Å². The lowest BCUT2D eigenvalue weighted by Crippen LogP contribution is -2.22. The monoisotopic (exact) mass is 418 g/mol. The van der Waals surface area contributed by atoms with Crippen LogP contribution in [0.1, 0.15) is 48.2 Å². The molecule has 1 aromatic carbocycles. The van der Waals surface area contributed by atoms with E-state index in [4.69, 9.17) is 0 Å². The minimum Gasteiger partial charge on any atom is -0.493 e. The Bertz CT molecular complexity index is 1070. The van der Waals surface area contributed by atoms with E-state index in [2.05, 4.69) is 15.4 Å². The fourth-order valence-electron chi connectivity index (χ4n) is 4.08. The van der Waals surface area contributed by atoms with Crippen LogP contribution in [0.2, 0.25) is 0 Å². The molecule has 1 amide bonds. The Morgan fingerprint density at radius 1 is 1.20 bits per heavy atom. The minimum atomic E-state index is -4.62. The van der Waals surface area contributed by atoms with E-state index in [1.54, 1.807) is 0 Å². The average molecular weight is 418 g/mol. The lowest BCUT2D eigenvalue weighted by atomic mass is 9.89. The van der Waals surface area contributed by atoms with Gasteiger partial charge in [-0.25, -0.2) is 4.98 Å². The van der Waals surface area contributed by atoms with E-state index in [0.717, 1.165) is 38.2 Å². The molecular formula is C21H21F3N4O2. The molecule has 2 N–H and O–H groups in total. The van der Waals surface area contributed by atoms with Crippen molar-refractivity contribution >= 4 is 22.5 Å². The third kappa shape index (κ3) is 4.10. The molecule has 1 aliphatic carbocycles. The van der Waals surface area contributed by atoms with Crippen molar-refractivity contribution in [3.8, 4) is 5.88 Å². The zero-order valence-electron chi connectivity index (χ0n) is 16.1. The Morgan fingerprint density at radius 3 is 2.67 bits per heavy atom. The van der Waals surface area contributed by atoms with Crippen LogP contribution in [0, 0.1) is 5.92 Å². The molecule has 158 valence electrons. The Balaban J connectivity index is 1.80. The number of benzene rings is 1. The summed E-state index contributed by atoms with van der Waals surface area (Å²) < 4.78 is 42.5. The number of halogens is 3. The van der Waals surface area contributed by atoms with Crippen molar-refractivity contribution in [2.75, 3.05) is 5.32 Å². The van der Waals surface area contributed by atoms with Crippen molar-refractivity contribution in [2.45, 2.75) is 44.8 Å². The lowest BCUT2D eigenvalue weighted by Gasteiger charge is -2.22. The predicted molar refractivity (Wildman–Crippen MR) is 105 cm³/mol. The molecule has 0 aliphatic heterocycles. The molecule has 1 fully saturated rings. The van der Waals surface area contributed by atoms with Gasteiger partial charge in [-0.15, -0.1) is 0 Å². The maximum absolute atomic E-state index is 13.7. The van der Waals surface area contributed by atoms with E-state index in [-0.39, 0.29) is 34.1 Å². The topological polar surface area (TPSA) is 80.0 Å². The van der Waals surface area contributed by atoms with Crippen LogP contribution in [0.3, 0.4) is 0 Å². The maximum atomic E-state index is 13.7. The number of rotatable bonds is 4. The highest BCUT2D eigenvalue weighted by Gasteiger charge is 2.36. The van der Waals surface area contributed by atoms with E-state index in [9.17, 15) is 23.1 Å². The Kier molecular flexibility index (Phi) is 5.36. The first-order valence-electron chi connectivity index (χ1n) is 9.86. The van der Waals surface area contributed by atoms with E-state index in [1.807, 2.05) is 0 Å². The molecule has 1 aliphatic rings. The molecule has 3 aromatic rings. The number of nitrogens with one attached hydrogen (secondary N) is 1.